The van der Waals surface area contributed by atoms with Crippen LogP contribution in [0.5, 0.6) is 0 Å². The van der Waals surface area contributed by atoms with Crippen LogP contribution in [-0.4, -0.2) is 56.7 Å². The van der Waals surface area contributed by atoms with Crippen LogP contribution in [0.1, 0.15) is 31.2 Å². The average Bonchev–Trinajstić information content (AvgIpc) is 3.24. The van der Waals surface area contributed by atoms with Gasteiger partial charge in [0.05, 0.1) is 16.0 Å². The van der Waals surface area contributed by atoms with Crippen LogP contribution in [0.4, 0.5) is 5.82 Å². The summed E-state index contributed by atoms with van der Waals surface area (Å²) in [6, 6.07) is 8.65. The molecule has 1 aliphatic rings. The molecule has 0 saturated heterocycles. The molecule has 2 heterocycles. The van der Waals surface area contributed by atoms with Gasteiger partial charge in [0.15, 0.2) is 5.65 Å². The predicted octanol–water partition coefficient (Wildman–Crippen LogP) is 2.52. The molecule has 1 fully saturated rings. The molecule has 0 radical (unpaired) electrons. The lowest BCUT2D eigenvalue weighted by molar-refractivity contribution is 0.340. The summed E-state index contributed by atoms with van der Waals surface area (Å²) in [6.07, 6.45) is 6.22. The van der Waals surface area contributed by atoms with Gasteiger partial charge >= 0.3 is 0 Å². The number of anilines is 1. The van der Waals surface area contributed by atoms with E-state index < -0.39 is 20.0 Å². The van der Waals surface area contributed by atoms with E-state index in [1.165, 1.54) is 23.5 Å². The molecule has 33 heavy (non-hydrogen) atoms. The van der Waals surface area contributed by atoms with Crippen LogP contribution in [0, 0.1) is 12.8 Å². The van der Waals surface area contributed by atoms with Crippen molar-refractivity contribution in [2.45, 2.75) is 43.5 Å². The summed E-state index contributed by atoms with van der Waals surface area (Å²) in [6.45, 7) is 1.91. The lowest BCUT2D eigenvalue weighted by Crippen LogP contribution is -2.38. The van der Waals surface area contributed by atoms with Gasteiger partial charge in [0.2, 0.25) is 10.0 Å². The SMILES string of the molecule is CNS(=O)(=O)CC1CCC(N(C)c2ncnc3c2ccn3S(=O)(=O)c2ccc(C)cc2)CC1. The molecule has 0 bridgehead atoms. The topological polar surface area (TPSA) is 114 Å². The van der Waals surface area contributed by atoms with Crippen LogP contribution in [0.2, 0.25) is 0 Å². The molecule has 178 valence electrons. The number of hydrogen-bond acceptors (Lipinski definition) is 7. The first-order valence-electron chi connectivity index (χ1n) is 10.9. The molecule has 0 aliphatic heterocycles. The van der Waals surface area contributed by atoms with Gasteiger partial charge in [0.25, 0.3) is 10.0 Å². The van der Waals surface area contributed by atoms with Crippen molar-refractivity contribution < 1.29 is 16.8 Å². The summed E-state index contributed by atoms with van der Waals surface area (Å²) in [5.41, 5.74) is 1.32. The van der Waals surface area contributed by atoms with Crippen molar-refractivity contribution in [2.75, 3.05) is 24.7 Å². The second kappa shape index (κ2) is 9.03. The van der Waals surface area contributed by atoms with Crippen LogP contribution in [0.3, 0.4) is 0 Å². The van der Waals surface area contributed by atoms with Crippen molar-refractivity contribution in [3.63, 3.8) is 0 Å². The summed E-state index contributed by atoms with van der Waals surface area (Å²) in [5.74, 6) is 0.958. The quantitative estimate of drug-likeness (QED) is 0.540. The van der Waals surface area contributed by atoms with Crippen molar-refractivity contribution in [3.05, 3.63) is 48.4 Å². The van der Waals surface area contributed by atoms with Crippen molar-refractivity contribution in [1.82, 2.24) is 18.7 Å². The Kier molecular flexibility index (Phi) is 6.47. The number of sulfonamides is 1. The maximum absolute atomic E-state index is 13.2. The number of aryl methyl sites for hydroxylation is 1. The van der Waals surface area contributed by atoms with E-state index in [1.807, 2.05) is 14.0 Å². The third-order valence-electron chi connectivity index (χ3n) is 6.47. The molecule has 0 amide bonds. The van der Waals surface area contributed by atoms with Crippen molar-refractivity contribution in [2.24, 2.45) is 5.92 Å². The van der Waals surface area contributed by atoms with E-state index in [0.29, 0.717) is 16.9 Å². The highest BCUT2D eigenvalue weighted by molar-refractivity contribution is 7.90. The Bertz CT molecular complexity index is 1340. The molecule has 1 aliphatic carbocycles. The summed E-state index contributed by atoms with van der Waals surface area (Å²) < 4.78 is 53.7. The largest absolute Gasteiger partial charge is 0.356 e. The van der Waals surface area contributed by atoms with Gasteiger partial charge in [0.1, 0.15) is 12.1 Å². The molecule has 0 unspecified atom stereocenters. The summed E-state index contributed by atoms with van der Waals surface area (Å²) >= 11 is 0. The molecule has 2 aromatic heterocycles. The summed E-state index contributed by atoms with van der Waals surface area (Å²) in [4.78, 5) is 11.0. The number of aromatic nitrogens is 3. The fourth-order valence-electron chi connectivity index (χ4n) is 4.48. The highest BCUT2D eigenvalue weighted by Gasteiger charge is 2.29. The number of benzene rings is 1. The van der Waals surface area contributed by atoms with Crippen LogP contribution >= 0.6 is 0 Å². The van der Waals surface area contributed by atoms with Crippen LogP contribution in [-0.2, 0) is 20.0 Å². The molecule has 9 nitrogen and oxygen atoms in total. The normalized spacial score (nSPS) is 19.6. The van der Waals surface area contributed by atoms with Gasteiger partial charge in [-0.1, -0.05) is 17.7 Å². The second-order valence-electron chi connectivity index (χ2n) is 8.64. The molecule has 0 atom stereocenters. The van der Waals surface area contributed by atoms with E-state index in [-0.39, 0.29) is 22.6 Å². The van der Waals surface area contributed by atoms with E-state index in [0.717, 1.165) is 31.2 Å². The first-order chi connectivity index (χ1) is 15.6. The average molecular weight is 492 g/mol. The third kappa shape index (κ3) is 4.75. The summed E-state index contributed by atoms with van der Waals surface area (Å²) in [5, 5.41) is 0.663. The molecule has 1 saturated carbocycles. The lowest BCUT2D eigenvalue weighted by Gasteiger charge is -2.35. The number of nitrogens with one attached hydrogen (secondary N) is 1. The fraction of sp³-hybridized carbons (Fsp3) is 0.455. The van der Waals surface area contributed by atoms with E-state index in [4.69, 9.17) is 0 Å². The number of hydrogen-bond donors (Lipinski definition) is 1. The monoisotopic (exact) mass is 491 g/mol. The summed E-state index contributed by atoms with van der Waals surface area (Å²) in [7, 11) is -3.61. The molecular weight excluding hydrogens is 462 g/mol. The van der Waals surface area contributed by atoms with Gasteiger partial charge in [-0.05, 0) is 63.8 Å². The number of rotatable bonds is 7. The van der Waals surface area contributed by atoms with Crippen molar-refractivity contribution >= 4 is 36.9 Å². The minimum Gasteiger partial charge on any atom is -0.356 e. The zero-order chi connectivity index (χ0) is 23.8. The Morgan fingerprint density at radius 2 is 1.70 bits per heavy atom. The Balaban J connectivity index is 1.58. The minimum absolute atomic E-state index is 0.137. The third-order valence-corrected chi connectivity index (χ3v) is 9.68. The van der Waals surface area contributed by atoms with Gasteiger partial charge < -0.3 is 4.90 Å². The van der Waals surface area contributed by atoms with E-state index >= 15 is 0 Å². The molecule has 3 aromatic rings. The smallest absolute Gasteiger partial charge is 0.269 e. The Hall–Kier alpha value is -2.50. The van der Waals surface area contributed by atoms with E-state index in [1.54, 1.807) is 30.3 Å². The number of nitrogens with zero attached hydrogens (tertiary/aromatic N) is 4. The van der Waals surface area contributed by atoms with E-state index in [2.05, 4.69) is 19.6 Å². The highest BCUT2D eigenvalue weighted by atomic mass is 32.2. The van der Waals surface area contributed by atoms with E-state index in [9.17, 15) is 16.8 Å². The molecule has 1 aromatic carbocycles. The van der Waals surface area contributed by atoms with Crippen LogP contribution in [0.25, 0.3) is 11.0 Å². The maximum atomic E-state index is 13.2. The zero-order valence-corrected chi connectivity index (χ0v) is 20.6. The van der Waals surface area contributed by atoms with Gasteiger partial charge in [-0.25, -0.2) is 35.5 Å². The van der Waals surface area contributed by atoms with Crippen molar-refractivity contribution in [3.8, 4) is 0 Å². The molecule has 0 spiro atoms. The first-order valence-corrected chi connectivity index (χ1v) is 14.0. The Morgan fingerprint density at radius 1 is 1.03 bits per heavy atom. The second-order valence-corrected chi connectivity index (χ2v) is 12.4. The highest BCUT2D eigenvalue weighted by Crippen LogP contribution is 2.33. The molecule has 4 rings (SSSR count). The maximum Gasteiger partial charge on any atom is 0.269 e. The standard InChI is InChI=1S/C22H29N5O4S2/c1-16-4-10-19(11-5-16)33(30,31)27-13-12-20-21(24-15-25-22(20)27)26(3)18-8-6-17(7-9-18)14-32(28,29)23-2/h4-5,10-13,15,17-18,23H,6-9,14H2,1-3H3. The van der Waals surface area contributed by atoms with Gasteiger partial charge in [-0.3, -0.25) is 0 Å². The fourth-order valence-corrected chi connectivity index (χ4v) is 6.90. The number of fused-ring (bicyclic) bond motifs is 1. The zero-order valence-electron chi connectivity index (χ0n) is 19.0. The Labute approximate surface area is 195 Å². The lowest BCUT2D eigenvalue weighted by atomic mass is 9.86. The minimum atomic E-state index is -3.79. The molecular formula is C22H29N5O4S2. The molecule has 11 heteroatoms. The van der Waals surface area contributed by atoms with Gasteiger partial charge in [0, 0.05) is 19.3 Å². The van der Waals surface area contributed by atoms with Crippen LogP contribution < -0.4 is 9.62 Å². The Morgan fingerprint density at radius 3 is 2.33 bits per heavy atom. The van der Waals surface area contributed by atoms with Gasteiger partial charge in [-0.15, -0.1) is 0 Å². The van der Waals surface area contributed by atoms with Gasteiger partial charge in [-0.2, -0.15) is 0 Å². The predicted molar refractivity (Wildman–Crippen MR) is 128 cm³/mol. The molecule has 1 N–H and O–H groups in total. The van der Waals surface area contributed by atoms with Crippen molar-refractivity contribution in [1.29, 1.82) is 0 Å². The first kappa shape index (κ1) is 23.7. The van der Waals surface area contributed by atoms with Crippen LogP contribution in [0.15, 0.2) is 47.8 Å².